The highest BCUT2D eigenvalue weighted by Crippen LogP contribution is 2.25. The van der Waals surface area contributed by atoms with Gasteiger partial charge in [0.05, 0.1) is 16.9 Å². The summed E-state index contributed by atoms with van der Waals surface area (Å²) in [5, 5.41) is 12.8. The Hall–Kier alpha value is -3.08. The first kappa shape index (κ1) is 12.9. The fourth-order valence-electron chi connectivity index (χ4n) is 2.15. The number of nitrogens with two attached hydrogens (primary N) is 1. The summed E-state index contributed by atoms with van der Waals surface area (Å²) < 4.78 is 0. The molecule has 0 bridgehead atoms. The zero-order chi connectivity index (χ0) is 14.8. The molecule has 1 aromatic heterocycles. The van der Waals surface area contributed by atoms with Crippen LogP contribution in [0.3, 0.4) is 0 Å². The standard InChI is InChI=1S/C16H13N3O2/c17-13-9-10(20)6-7-15(13)19-16(21)12-3-1-5-14-11(12)4-2-8-18-14/h1-9,20H,17H2,(H,19,21). The van der Waals surface area contributed by atoms with Crippen LogP contribution in [0.5, 0.6) is 5.75 Å². The number of amides is 1. The van der Waals surface area contributed by atoms with Crippen LogP contribution >= 0.6 is 0 Å². The fraction of sp³-hybridized carbons (Fsp3) is 0. The van der Waals surface area contributed by atoms with Crippen molar-refractivity contribution in [2.75, 3.05) is 11.1 Å². The van der Waals surface area contributed by atoms with Gasteiger partial charge in [-0.2, -0.15) is 0 Å². The number of carbonyl (C=O) groups excluding carboxylic acids is 1. The third-order valence-corrected chi connectivity index (χ3v) is 3.17. The number of aromatic hydroxyl groups is 1. The maximum atomic E-state index is 12.4. The van der Waals surface area contributed by atoms with Crippen molar-refractivity contribution in [3.8, 4) is 5.75 Å². The van der Waals surface area contributed by atoms with E-state index in [0.717, 1.165) is 10.9 Å². The fourth-order valence-corrected chi connectivity index (χ4v) is 2.15. The Morgan fingerprint density at radius 1 is 1.14 bits per heavy atom. The van der Waals surface area contributed by atoms with E-state index in [-0.39, 0.29) is 11.7 Å². The molecule has 2 aromatic carbocycles. The number of hydrogen-bond acceptors (Lipinski definition) is 4. The molecule has 5 heteroatoms. The number of pyridine rings is 1. The number of phenolic OH excluding ortho intramolecular Hbond substituents is 1. The highest BCUT2D eigenvalue weighted by Gasteiger charge is 2.11. The second-order valence-corrected chi connectivity index (χ2v) is 4.60. The van der Waals surface area contributed by atoms with Gasteiger partial charge in [-0.15, -0.1) is 0 Å². The number of phenols is 1. The van der Waals surface area contributed by atoms with Crippen LogP contribution in [0.2, 0.25) is 0 Å². The summed E-state index contributed by atoms with van der Waals surface area (Å²) in [6.45, 7) is 0. The topological polar surface area (TPSA) is 88.2 Å². The van der Waals surface area contributed by atoms with Crippen LogP contribution in [-0.4, -0.2) is 16.0 Å². The van der Waals surface area contributed by atoms with E-state index >= 15 is 0 Å². The van der Waals surface area contributed by atoms with E-state index in [9.17, 15) is 9.90 Å². The molecule has 3 aromatic rings. The van der Waals surface area contributed by atoms with Gasteiger partial charge in [-0.1, -0.05) is 12.1 Å². The van der Waals surface area contributed by atoms with Gasteiger partial charge >= 0.3 is 0 Å². The maximum Gasteiger partial charge on any atom is 0.256 e. The van der Waals surface area contributed by atoms with Gasteiger partial charge < -0.3 is 16.2 Å². The second-order valence-electron chi connectivity index (χ2n) is 4.60. The number of rotatable bonds is 2. The van der Waals surface area contributed by atoms with Gasteiger partial charge in [0.15, 0.2) is 0 Å². The van der Waals surface area contributed by atoms with E-state index in [0.29, 0.717) is 16.9 Å². The molecular weight excluding hydrogens is 266 g/mol. The predicted octanol–water partition coefficient (Wildman–Crippen LogP) is 2.77. The molecular formula is C16H13N3O2. The van der Waals surface area contributed by atoms with Crippen molar-refractivity contribution in [3.63, 3.8) is 0 Å². The highest BCUT2D eigenvalue weighted by atomic mass is 16.3. The molecule has 1 amide bonds. The first-order valence-electron chi connectivity index (χ1n) is 6.39. The number of nitrogens with one attached hydrogen (secondary N) is 1. The number of benzene rings is 2. The smallest absolute Gasteiger partial charge is 0.256 e. The Labute approximate surface area is 121 Å². The lowest BCUT2D eigenvalue weighted by Gasteiger charge is -2.10. The van der Waals surface area contributed by atoms with E-state index in [2.05, 4.69) is 10.3 Å². The van der Waals surface area contributed by atoms with Gasteiger partial charge in [-0.25, -0.2) is 0 Å². The molecule has 104 valence electrons. The Bertz CT molecular complexity index is 825. The minimum atomic E-state index is -0.272. The van der Waals surface area contributed by atoms with Gasteiger partial charge in [0.1, 0.15) is 5.75 Å². The average Bonchev–Trinajstić information content (AvgIpc) is 2.49. The van der Waals surface area contributed by atoms with Crippen molar-refractivity contribution in [2.45, 2.75) is 0 Å². The first-order valence-corrected chi connectivity index (χ1v) is 6.39. The van der Waals surface area contributed by atoms with Gasteiger partial charge in [0.25, 0.3) is 5.91 Å². The molecule has 3 rings (SSSR count). The molecule has 0 saturated carbocycles. The molecule has 0 aliphatic heterocycles. The summed E-state index contributed by atoms with van der Waals surface area (Å²) in [5.74, 6) is -0.217. The minimum absolute atomic E-state index is 0.0554. The molecule has 4 N–H and O–H groups in total. The molecule has 0 aliphatic rings. The van der Waals surface area contributed by atoms with Crippen molar-refractivity contribution in [1.82, 2.24) is 4.98 Å². The van der Waals surface area contributed by atoms with Crippen LogP contribution in [0.1, 0.15) is 10.4 Å². The predicted molar refractivity (Wildman–Crippen MR) is 82.2 cm³/mol. The molecule has 0 spiro atoms. The monoisotopic (exact) mass is 279 g/mol. The lowest BCUT2D eigenvalue weighted by molar-refractivity contribution is 0.102. The lowest BCUT2D eigenvalue weighted by Crippen LogP contribution is -2.13. The van der Waals surface area contributed by atoms with Gasteiger partial charge in [0.2, 0.25) is 0 Å². The Kier molecular flexibility index (Phi) is 3.16. The Morgan fingerprint density at radius 2 is 2.00 bits per heavy atom. The van der Waals surface area contributed by atoms with Crippen LogP contribution in [0.4, 0.5) is 11.4 Å². The molecule has 21 heavy (non-hydrogen) atoms. The number of aromatic nitrogens is 1. The van der Waals surface area contributed by atoms with Crippen molar-refractivity contribution < 1.29 is 9.90 Å². The molecule has 0 unspecified atom stereocenters. The summed E-state index contributed by atoms with van der Waals surface area (Å²) in [4.78, 5) is 16.6. The van der Waals surface area contributed by atoms with E-state index < -0.39 is 0 Å². The zero-order valence-electron chi connectivity index (χ0n) is 11.1. The summed E-state index contributed by atoms with van der Waals surface area (Å²) in [5.41, 5.74) is 7.81. The van der Waals surface area contributed by atoms with Crippen molar-refractivity contribution in [1.29, 1.82) is 0 Å². The summed E-state index contributed by atoms with van der Waals surface area (Å²) >= 11 is 0. The largest absolute Gasteiger partial charge is 0.508 e. The normalized spacial score (nSPS) is 10.5. The van der Waals surface area contributed by atoms with Gasteiger partial charge in [-0.3, -0.25) is 9.78 Å². The molecule has 5 nitrogen and oxygen atoms in total. The van der Waals surface area contributed by atoms with Crippen LogP contribution < -0.4 is 11.1 Å². The molecule has 1 heterocycles. The molecule has 0 aliphatic carbocycles. The van der Waals surface area contributed by atoms with Crippen molar-refractivity contribution >= 4 is 28.2 Å². The molecule has 0 atom stereocenters. The van der Waals surface area contributed by atoms with E-state index in [1.807, 2.05) is 12.1 Å². The number of nitrogen functional groups attached to an aromatic ring is 1. The number of fused-ring (bicyclic) bond motifs is 1. The number of anilines is 2. The average molecular weight is 279 g/mol. The highest BCUT2D eigenvalue weighted by molar-refractivity contribution is 6.13. The van der Waals surface area contributed by atoms with E-state index in [1.54, 1.807) is 30.5 Å². The quantitative estimate of drug-likeness (QED) is 0.497. The number of hydrogen-bond donors (Lipinski definition) is 3. The molecule has 0 fully saturated rings. The van der Waals surface area contributed by atoms with Crippen LogP contribution in [-0.2, 0) is 0 Å². The van der Waals surface area contributed by atoms with E-state index in [4.69, 9.17) is 5.73 Å². The summed E-state index contributed by atoms with van der Waals surface area (Å²) in [6.07, 6.45) is 1.68. The minimum Gasteiger partial charge on any atom is -0.508 e. The third kappa shape index (κ3) is 2.49. The maximum absolute atomic E-state index is 12.4. The molecule has 0 radical (unpaired) electrons. The van der Waals surface area contributed by atoms with Crippen LogP contribution in [0, 0.1) is 0 Å². The van der Waals surface area contributed by atoms with Crippen LogP contribution in [0.15, 0.2) is 54.7 Å². The molecule has 0 saturated heterocycles. The third-order valence-electron chi connectivity index (χ3n) is 3.17. The van der Waals surface area contributed by atoms with Crippen LogP contribution in [0.25, 0.3) is 10.9 Å². The number of nitrogens with zero attached hydrogens (tertiary/aromatic N) is 1. The Morgan fingerprint density at radius 3 is 2.81 bits per heavy atom. The SMILES string of the molecule is Nc1cc(O)ccc1NC(=O)c1cccc2ncccc12. The van der Waals surface area contributed by atoms with E-state index in [1.165, 1.54) is 12.1 Å². The van der Waals surface area contributed by atoms with Crippen molar-refractivity contribution in [3.05, 3.63) is 60.3 Å². The lowest BCUT2D eigenvalue weighted by atomic mass is 10.1. The summed E-state index contributed by atoms with van der Waals surface area (Å²) in [6, 6.07) is 13.4. The van der Waals surface area contributed by atoms with Gasteiger partial charge in [-0.05, 0) is 30.3 Å². The Balaban J connectivity index is 1.97. The summed E-state index contributed by atoms with van der Waals surface area (Å²) in [7, 11) is 0. The van der Waals surface area contributed by atoms with Gasteiger partial charge in [0, 0.05) is 23.2 Å². The first-order chi connectivity index (χ1) is 10.1. The second kappa shape index (κ2) is 5.13. The zero-order valence-corrected chi connectivity index (χ0v) is 11.1. The van der Waals surface area contributed by atoms with Crippen molar-refractivity contribution in [2.24, 2.45) is 0 Å². The number of carbonyl (C=O) groups is 1.